The minimum absolute atomic E-state index is 0.0670. The number of fused-ring (bicyclic) bond motifs is 1. The third-order valence-electron chi connectivity index (χ3n) is 6.11. The lowest BCUT2D eigenvalue weighted by molar-refractivity contribution is 0.00656. The Hall–Kier alpha value is -3.89. The topological polar surface area (TPSA) is 91.9 Å². The van der Waals surface area contributed by atoms with Gasteiger partial charge in [-0.15, -0.1) is 0 Å². The predicted molar refractivity (Wildman–Crippen MR) is 128 cm³/mol. The van der Waals surface area contributed by atoms with Crippen molar-refractivity contribution in [3.05, 3.63) is 84.7 Å². The summed E-state index contributed by atoms with van der Waals surface area (Å²) < 4.78 is 49.4. The number of aromatic nitrogens is 5. The average molecular weight is 490 g/mol. The number of benzene rings is 1. The van der Waals surface area contributed by atoms with Gasteiger partial charge in [0, 0.05) is 42.0 Å². The molecule has 0 N–H and O–H groups in total. The minimum atomic E-state index is -3.91. The first-order valence-electron chi connectivity index (χ1n) is 11.0. The molecule has 0 atom stereocenters. The van der Waals surface area contributed by atoms with Gasteiger partial charge in [-0.05, 0) is 42.0 Å². The number of pyridine rings is 2. The summed E-state index contributed by atoms with van der Waals surface area (Å²) in [6, 6.07) is 14.9. The van der Waals surface area contributed by atoms with Gasteiger partial charge in [-0.1, -0.05) is 18.2 Å². The highest BCUT2D eigenvalue weighted by atomic mass is 32.2. The van der Waals surface area contributed by atoms with Gasteiger partial charge in [0.15, 0.2) is 5.65 Å². The lowest BCUT2D eigenvalue weighted by Gasteiger charge is -2.27. The molecule has 1 aliphatic heterocycles. The normalized spacial score (nSPS) is 14.3. The molecule has 35 heavy (non-hydrogen) atoms. The summed E-state index contributed by atoms with van der Waals surface area (Å²) in [6.07, 6.45) is 4.57. The molecule has 176 valence electrons. The van der Waals surface area contributed by atoms with Crippen LogP contribution >= 0.6 is 0 Å². The van der Waals surface area contributed by atoms with Gasteiger partial charge >= 0.3 is 0 Å². The van der Waals surface area contributed by atoms with Crippen LogP contribution in [0, 0.1) is 5.82 Å². The molecule has 0 radical (unpaired) electrons. The van der Waals surface area contributed by atoms with E-state index in [9.17, 15) is 12.8 Å². The second-order valence-electron chi connectivity index (χ2n) is 8.41. The second kappa shape index (κ2) is 8.10. The van der Waals surface area contributed by atoms with E-state index in [2.05, 4.69) is 15.1 Å². The van der Waals surface area contributed by atoms with Gasteiger partial charge in [0.2, 0.25) is 0 Å². The standard InChI is InChI=1S/C25H20FN5O3S/c1-30-13-21(24(29-30)22-8-7-17(26)12-28-22)19-9-10-27-25-20(19)11-23(16-14-34-15-16)31(25)35(32,33)18-5-3-2-4-6-18/h2-13,16H,14-15H2,1H3. The van der Waals surface area contributed by atoms with Gasteiger partial charge in [-0.3, -0.25) is 9.67 Å². The number of ether oxygens (including phenoxy) is 1. The monoisotopic (exact) mass is 489 g/mol. The molecule has 6 rings (SSSR count). The van der Waals surface area contributed by atoms with E-state index in [0.717, 1.165) is 17.3 Å². The fraction of sp³-hybridized carbons (Fsp3) is 0.160. The number of rotatable bonds is 5. The fourth-order valence-corrected chi connectivity index (χ4v) is 5.93. The molecule has 8 nitrogen and oxygen atoms in total. The molecule has 1 aliphatic rings. The van der Waals surface area contributed by atoms with E-state index < -0.39 is 15.8 Å². The van der Waals surface area contributed by atoms with Gasteiger partial charge in [0.25, 0.3) is 10.0 Å². The summed E-state index contributed by atoms with van der Waals surface area (Å²) in [5.41, 5.74) is 3.52. The molecule has 5 heterocycles. The smallest absolute Gasteiger partial charge is 0.269 e. The van der Waals surface area contributed by atoms with Crippen molar-refractivity contribution in [1.29, 1.82) is 0 Å². The minimum Gasteiger partial charge on any atom is -0.380 e. The number of aryl methyl sites for hydroxylation is 1. The highest BCUT2D eigenvalue weighted by molar-refractivity contribution is 7.90. The lowest BCUT2D eigenvalue weighted by atomic mass is 10.0. The highest BCUT2D eigenvalue weighted by Crippen LogP contribution is 2.39. The Labute approximate surface area is 200 Å². The van der Waals surface area contributed by atoms with Crippen molar-refractivity contribution in [3.8, 4) is 22.5 Å². The molecule has 1 fully saturated rings. The van der Waals surface area contributed by atoms with Crippen LogP contribution in [0.1, 0.15) is 11.6 Å². The largest absolute Gasteiger partial charge is 0.380 e. The first-order valence-corrected chi connectivity index (χ1v) is 12.4. The average Bonchev–Trinajstić information content (AvgIpc) is 3.40. The Morgan fingerprint density at radius 2 is 1.83 bits per heavy atom. The van der Waals surface area contributed by atoms with Crippen molar-refractivity contribution >= 4 is 21.1 Å². The van der Waals surface area contributed by atoms with Crippen LogP contribution in [0.15, 0.2) is 78.1 Å². The van der Waals surface area contributed by atoms with Crippen LogP contribution in [-0.4, -0.2) is 45.4 Å². The molecule has 0 saturated carbocycles. The van der Waals surface area contributed by atoms with Crippen molar-refractivity contribution < 1.29 is 17.5 Å². The number of nitrogens with zero attached hydrogens (tertiary/aromatic N) is 5. The fourth-order valence-electron chi connectivity index (χ4n) is 4.36. The summed E-state index contributed by atoms with van der Waals surface area (Å²) in [6.45, 7) is 0.876. The van der Waals surface area contributed by atoms with Crippen LogP contribution in [0.4, 0.5) is 4.39 Å². The van der Waals surface area contributed by atoms with Crippen LogP contribution in [0.2, 0.25) is 0 Å². The zero-order valence-corrected chi connectivity index (χ0v) is 19.5. The zero-order chi connectivity index (χ0) is 24.2. The van der Waals surface area contributed by atoms with E-state index in [-0.39, 0.29) is 10.8 Å². The van der Waals surface area contributed by atoms with Crippen LogP contribution < -0.4 is 0 Å². The Balaban J connectivity index is 1.61. The van der Waals surface area contributed by atoms with E-state index >= 15 is 0 Å². The summed E-state index contributed by atoms with van der Waals surface area (Å²) >= 11 is 0. The van der Waals surface area contributed by atoms with Crippen molar-refractivity contribution in [2.24, 2.45) is 7.05 Å². The Morgan fingerprint density at radius 1 is 1.03 bits per heavy atom. The molecular formula is C25H20FN5O3S. The molecule has 5 aromatic rings. The van der Waals surface area contributed by atoms with Crippen molar-refractivity contribution in [3.63, 3.8) is 0 Å². The van der Waals surface area contributed by atoms with E-state index in [0.29, 0.717) is 41.3 Å². The van der Waals surface area contributed by atoms with E-state index in [1.807, 2.05) is 18.3 Å². The van der Waals surface area contributed by atoms with Crippen LogP contribution in [0.3, 0.4) is 0 Å². The van der Waals surface area contributed by atoms with Crippen LogP contribution in [0.25, 0.3) is 33.5 Å². The highest BCUT2D eigenvalue weighted by Gasteiger charge is 2.32. The molecular weight excluding hydrogens is 469 g/mol. The first kappa shape index (κ1) is 21.6. The van der Waals surface area contributed by atoms with E-state index in [1.54, 1.807) is 54.3 Å². The van der Waals surface area contributed by atoms with Crippen LogP contribution in [-0.2, 0) is 21.8 Å². The molecule has 0 bridgehead atoms. The summed E-state index contributed by atoms with van der Waals surface area (Å²) in [4.78, 5) is 8.87. The maximum absolute atomic E-state index is 13.8. The Kier molecular flexibility index (Phi) is 5.01. The number of hydrogen-bond donors (Lipinski definition) is 0. The van der Waals surface area contributed by atoms with E-state index in [4.69, 9.17) is 4.74 Å². The zero-order valence-electron chi connectivity index (χ0n) is 18.7. The third-order valence-corrected chi connectivity index (χ3v) is 7.85. The van der Waals surface area contributed by atoms with Crippen molar-refractivity contribution in [1.82, 2.24) is 23.7 Å². The van der Waals surface area contributed by atoms with Gasteiger partial charge in [-0.2, -0.15) is 5.10 Å². The molecule has 1 aromatic carbocycles. The van der Waals surface area contributed by atoms with Gasteiger partial charge < -0.3 is 4.74 Å². The quantitative estimate of drug-likeness (QED) is 0.371. The lowest BCUT2D eigenvalue weighted by Crippen LogP contribution is -2.29. The Bertz CT molecular complexity index is 1660. The number of hydrogen-bond acceptors (Lipinski definition) is 6. The van der Waals surface area contributed by atoms with E-state index in [1.165, 1.54) is 10.0 Å². The first-order chi connectivity index (χ1) is 16.9. The Morgan fingerprint density at radius 3 is 2.51 bits per heavy atom. The number of halogens is 1. The maximum Gasteiger partial charge on any atom is 0.269 e. The predicted octanol–water partition coefficient (Wildman–Crippen LogP) is 3.99. The van der Waals surface area contributed by atoms with Gasteiger partial charge in [0.05, 0.1) is 30.0 Å². The molecule has 4 aromatic heterocycles. The SMILES string of the molecule is Cn1cc(-c2ccnc3c2cc(C2COC2)n3S(=O)(=O)c2ccccc2)c(-c2ccc(F)cn2)n1. The van der Waals surface area contributed by atoms with Gasteiger partial charge in [-0.25, -0.2) is 21.8 Å². The maximum atomic E-state index is 13.8. The van der Waals surface area contributed by atoms with Crippen molar-refractivity contribution in [2.75, 3.05) is 13.2 Å². The van der Waals surface area contributed by atoms with Crippen molar-refractivity contribution in [2.45, 2.75) is 10.8 Å². The summed E-state index contributed by atoms with van der Waals surface area (Å²) in [5.74, 6) is -0.504. The molecule has 1 saturated heterocycles. The van der Waals surface area contributed by atoms with Crippen LogP contribution in [0.5, 0.6) is 0 Å². The van der Waals surface area contributed by atoms with Gasteiger partial charge in [0.1, 0.15) is 11.5 Å². The second-order valence-corrected chi connectivity index (χ2v) is 10.2. The molecule has 0 unspecified atom stereocenters. The summed E-state index contributed by atoms with van der Waals surface area (Å²) in [7, 11) is -2.12. The third kappa shape index (κ3) is 3.53. The molecule has 0 amide bonds. The molecule has 0 aliphatic carbocycles. The molecule has 0 spiro atoms. The molecule has 10 heteroatoms. The summed E-state index contributed by atoms with van der Waals surface area (Å²) in [5, 5.41) is 5.22.